The van der Waals surface area contributed by atoms with Crippen LogP contribution in [-0.4, -0.2) is 0 Å². The Morgan fingerprint density at radius 2 is 0.982 bits per heavy atom. The third kappa shape index (κ3) is 4.70. The lowest BCUT2D eigenvalue weighted by molar-refractivity contribution is 0.669. The maximum absolute atomic E-state index is 6.68. The number of rotatable bonds is 5. The Morgan fingerprint density at radius 3 is 1.86 bits per heavy atom. The van der Waals surface area contributed by atoms with Gasteiger partial charge < -0.3 is 13.7 Å². The maximum Gasteiger partial charge on any atom is 0.159 e. The van der Waals surface area contributed by atoms with Crippen molar-refractivity contribution in [1.29, 1.82) is 0 Å². The van der Waals surface area contributed by atoms with Gasteiger partial charge in [-0.15, -0.1) is 11.3 Å². The zero-order valence-electron chi connectivity index (χ0n) is 30.1. The maximum atomic E-state index is 6.68. The molecule has 0 aliphatic heterocycles. The smallest absolute Gasteiger partial charge is 0.159 e. The van der Waals surface area contributed by atoms with Crippen molar-refractivity contribution in [1.82, 2.24) is 0 Å². The highest BCUT2D eigenvalue weighted by Crippen LogP contribution is 2.46. The Balaban J connectivity index is 1.02. The Bertz CT molecular complexity index is 3480. The zero-order valence-corrected chi connectivity index (χ0v) is 30.9. The van der Waals surface area contributed by atoms with E-state index in [2.05, 4.69) is 181 Å². The second kappa shape index (κ2) is 12.2. The lowest BCUT2D eigenvalue weighted by Gasteiger charge is -2.25. The highest BCUT2D eigenvalue weighted by Gasteiger charge is 2.21. The van der Waals surface area contributed by atoms with Crippen LogP contribution >= 0.6 is 11.3 Å². The number of para-hydroxylation sites is 3. The number of hydrogen-bond acceptors (Lipinski definition) is 4. The minimum atomic E-state index is 0.868. The van der Waals surface area contributed by atoms with Crippen LogP contribution in [0, 0.1) is 0 Å². The lowest BCUT2D eigenvalue weighted by Crippen LogP contribution is -2.10. The molecule has 0 saturated carbocycles. The monoisotopic (exact) mass is 733 g/mol. The summed E-state index contributed by atoms with van der Waals surface area (Å²) in [6.07, 6.45) is 0. The third-order valence-corrected chi connectivity index (χ3v) is 12.5. The normalized spacial score (nSPS) is 11.9. The molecule has 0 spiro atoms. The average molecular weight is 734 g/mol. The first-order valence-corrected chi connectivity index (χ1v) is 19.7. The number of hydrogen-bond donors (Lipinski definition) is 0. The standard InChI is InChI=1S/C52H31NO2S/c1-2-12-34(13-3-1)53(46-21-11-19-41-38-15-6-8-22-47(38)55-51(41)46)35-27-24-32(25-28-35)43-31-45-44-30-33(26-29-48(44)54-50(45)40-17-5-4-14-37(40)43)36-18-10-20-42-39-16-7-9-23-49(39)56-52(36)42/h1-31H. The van der Waals surface area contributed by atoms with Gasteiger partial charge in [0.05, 0.1) is 5.69 Å². The van der Waals surface area contributed by atoms with Crippen LogP contribution in [0.15, 0.2) is 197 Å². The Hall–Kier alpha value is -7.14. The van der Waals surface area contributed by atoms with Crippen molar-refractivity contribution >= 4 is 103 Å². The fourth-order valence-corrected chi connectivity index (χ4v) is 9.92. The van der Waals surface area contributed by atoms with Crippen molar-refractivity contribution in [2.24, 2.45) is 0 Å². The summed E-state index contributed by atoms with van der Waals surface area (Å²) in [5.74, 6) is 0. The van der Waals surface area contributed by atoms with Crippen molar-refractivity contribution < 1.29 is 8.83 Å². The van der Waals surface area contributed by atoms with Gasteiger partial charge in [0.1, 0.15) is 16.7 Å². The summed E-state index contributed by atoms with van der Waals surface area (Å²) in [5, 5.41) is 9.34. The van der Waals surface area contributed by atoms with Crippen LogP contribution in [0.3, 0.4) is 0 Å². The largest absolute Gasteiger partial charge is 0.455 e. The molecule has 3 nitrogen and oxygen atoms in total. The van der Waals surface area contributed by atoms with Crippen molar-refractivity contribution in [2.45, 2.75) is 0 Å². The Kier molecular flexibility index (Phi) is 6.80. The van der Waals surface area contributed by atoms with Crippen LogP contribution in [0.2, 0.25) is 0 Å². The van der Waals surface area contributed by atoms with Gasteiger partial charge in [0, 0.05) is 58.5 Å². The van der Waals surface area contributed by atoms with Crippen LogP contribution in [0.4, 0.5) is 17.1 Å². The molecule has 0 amide bonds. The molecule has 3 heterocycles. The van der Waals surface area contributed by atoms with E-state index in [1.54, 1.807) is 0 Å². The summed E-state index contributed by atoms with van der Waals surface area (Å²) in [7, 11) is 0. The zero-order chi connectivity index (χ0) is 36.7. The highest BCUT2D eigenvalue weighted by molar-refractivity contribution is 7.26. The summed E-state index contributed by atoms with van der Waals surface area (Å²) in [5.41, 5.74) is 11.4. The van der Waals surface area contributed by atoms with E-state index in [1.807, 2.05) is 23.5 Å². The van der Waals surface area contributed by atoms with Crippen LogP contribution in [-0.2, 0) is 0 Å². The quantitative estimate of drug-likeness (QED) is 0.176. The molecule has 9 aromatic carbocycles. The second-order valence-corrected chi connectivity index (χ2v) is 15.5. The van der Waals surface area contributed by atoms with Crippen molar-refractivity contribution in [2.75, 3.05) is 4.90 Å². The number of benzene rings is 9. The SMILES string of the molecule is c1ccc(N(c2ccc(-c3cc4c5cc(-c6cccc7c6sc6ccccc67)ccc5oc4c4ccccc34)cc2)c2cccc3c2oc2ccccc23)cc1. The van der Waals surface area contributed by atoms with Gasteiger partial charge in [-0.3, -0.25) is 0 Å². The molecule has 0 saturated heterocycles. The Labute approximate surface area is 325 Å². The van der Waals surface area contributed by atoms with Crippen LogP contribution in [0.25, 0.3) is 97.1 Å². The summed E-state index contributed by atoms with van der Waals surface area (Å²) >= 11 is 1.86. The molecule has 0 atom stereocenters. The van der Waals surface area contributed by atoms with Gasteiger partial charge in [-0.1, -0.05) is 127 Å². The number of nitrogens with zero attached hydrogens (tertiary/aromatic N) is 1. The van der Waals surface area contributed by atoms with E-state index < -0.39 is 0 Å². The molecular formula is C52H31NO2S. The molecular weight excluding hydrogens is 703 g/mol. The molecule has 0 aliphatic rings. The molecule has 262 valence electrons. The van der Waals surface area contributed by atoms with E-state index >= 15 is 0 Å². The van der Waals surface area contributed by atoms with Crippen molar-refractivity contribution in [3.8, 4) is 22.3 Å². The molecule has 56 heavy (non-hydrogen) atoms. The van der Waals surface area contributed by atoms with E-state index in [4.69, 9.17) is 8.83 Å². The van der Waals surface area contributed by atoms with E-state index in [0.717, 1.165) is 77.3 Å². The summed E-state index contributed by atoms with van der Waals surface area (Å²) in [6, 6.07) is 67.1. The van der Waals surface area contributed by atoms with Crippen LogP contribution in [0.5, 0.6) is 0 Å². The van der Waals surface area contributed by atoms with E-state index in [0.29, 0.717) is 0 Å². The third-order valence-electron chi connectivity index (χ3n) is 11.3. The molecule has 0 unspecified atom stereocenters. The molecule has 12 rings (SSSR count). The molecule has 0 bridgehead atoms. The fraction of sp³-hybridized carbons (Fsp3) is 0. The molecule has 3 aromatic heterocycles. The first-order chi connectivity index (χ1) is 27.8. The minimum absolute atomic E-state index is 0.868. The first kappa shape index (κ1) is 31.2. The molecule has 0 aliphatic carbocycles. The number of anilines is 3. The van der Waals surface area contributed by atoms with Crippen LogP contribution < -0.4 is 4.90 Å². The number of thiophene rings is 1. The summed E-state index contributed by atoms with van der Waals surface area (Å²) < 4.78 is 15.8. The van der Waals surface area contributed by atoms with Crippen molar-refractivity contribution in [3.05, 3.63) is 188 Å². The van der Waals surface area contributed by atoms with Crippen LogP contribution in [0.1, 0.15) is 0 Å². The van der Waals surface area contributed by atoms with Gasteiger partial charge in [0.15, 0.2) is 5.58 Å². The van der Waals surface area contributed by atoms with E-state index in [1.165, 1.54) is 36.9 Å². The van der Waals surface area contributed by atoms with Crippen molar-refractivity contribution in [3.63, 3.8) is 0 Å². The molecule has 0 N–H and O–H groups in total. The Morgan fingerprint density at radius 1 is 0.357 bits per heavy atom. The van der Waals surface area contributed by atoms with Gasteiger partial charge in [0.2, 0.25) is 0 Å². The molecule has 0 fully saturated rings. The number of fused-ring (bicyclic) bond motifs is 11. The molecule has 4 heteroatoms. The first-order valence-electron chi connectivity index (χ1n) is 18.9. The molecule has 12 aromatic rings. The average Bonchev–Trinajstić information content (AvgIpc) is 3.96. The summed E-state index contributed by atoms with van der Waals surface area (Å²) in [4.78, 5) is 2.29. The van der Waals surface area contributed by atoms with Gasteiger partial charge in [-0.05, 0) is 88.3 Å². The van der Waals surface area contributed by atoms with E-state index in [-0.39, 0.29) is 0 Å². The van der Waals surface area contributed by atoms with E-state index in [9.17, 15) is 0 Å². The number of furan rings is 2. The topological polar surface area (TPSA) is 29.5 Å². The predicted molar refractivity (Wildman–Crippen MR) is 237 cm³/mol. The molecule has 0 radical (unpaired) electrons. The van der Waals surface area contributed by atoms with Gasteiger partial charge in [-0.25, -0.2) is 0 Å². The minimum Gasteiger partial charge on any atom is -0.455 e. The highest BCUT2D eigenvalue weighted by atomic mass is 32.1. The lowest BCUT2D eigenvalue weighted by atomic mass is 9.94. The fourth-order valence-electron chi connectivity index (χ4n) is 8.68. The van der Waals surface area contributed by atoms with Gasteiger partial charge in [0.25, 0.3) is 0 Å². The predicted octanol–water partition coefficient (Wildman–Crippen LogP) is 15.8. The summed E-state index contributed by atoms with van der Waals surface area (Å²) in [6.45, 7) is 0. The van der Waals surface area contributed by atoms with Gasteiger partial charge >= 0.3 is 0 Å². The van der Waals surface area contributed by atoms with Gasteiger partial charge in [-0.2, -0.15) is 0 Å². The second-order valence-electron chi connectivity index (χ2n) is 14.4.